The number of nitrogens with one attached hydrogen (secondary N) is 1. The van der Waals surface area contributed by atoms with Gasteiger partial charge in [-0.3, -0.25) is 9.48 Å². The number of nitrogens with two attached hydrogens (primary N) is 1. The number of carbonyl (C=O) groups excluding carboxylic acids is 1. The van der Waals surface area contributed by atoms with Crippen LogP contribution in [-0.2, 0) is 18.4 Å². The third-order valence-corrected chi connectivity index (χ3v) is 3.52. The van der Waals surface area contributed by atoms with Crippen LogP contribution in [0.1, 0.15) is 24.8 Å². The summed E-state index contributed by atoms with van der Waals surface area (Å²) in [5, 5.41) is 7.04. The summed E-state index contributed by atoms with van der Waals surface area (Å²) in [6.07, 6.45) is 6.86. The standard InChI is InChI=1S/C12H20N4O.ClH/c1-16-8-9(7-15-16)6-14-12(17)11-4-2-3-10(11)5-13;/h7-8,10-11H,2-6,13H2,1H3,(H,14,17);1H/t10-,11-;/m1./s1. The van der Waals surface area contributed by atoms with Crippen LogP contribution >= 0.6 is 12.4 Å². The smallest absolute Gasteiger partial charge is 0.223 e. The number of nitrogens with zero attached hydrogens (tertiary/aromatic N) is 2. The van der Waals surface area contributed by atoms with Crippen LogP contribution in [0.3, 0.4) is 0 Å². The molecule has 5 nitrogen and oxygen atoms in total. The first-order valence-electron chi connectivity index (χ1n) is 6.16. The van der Waals surface area contributed by atoms with E-state index in [-0.39, 0.29) is 24.2 Å². The van der Waals surface area contributed by atoms with Gasteiger partial charge in [0.05, 0.1) is 6.20 Å². The van der Waals surface area contributed by atoms with Crippen molar-refractivity contribution in [2.45, 2.75) is 25.8 Å². The van der Waals surface area contributed by atoms with Crippen LogP contribution in [0.4, 0.5) is 0 Å². The van der Waals surface area contributed by atoms with Crippen molar-refractivity contribution < 1.29 is 4.79 Å². The van der Waals surface area contributed by atoms with E-state index in [0.717, 1.165) is 24.8 Å². The summed E-state index contributed by atoms with van der Waals surface area (Å²) in [6, 6.07) is 0. The summed E-state index contributed by atoms with van der Waals surface area (Å²) in [5.74, 6) is 0.613. The van der Waals surface area contributed by atoms with Gasteiger partial charge in [0.1, 0.15) is 0 Å². The Morgan fingerprint density at radius 3 is 3.00 bits per heavy atom. The first kappa shape index (κ1) is 15.0. The molecule has 0 aromatic carbocycles. The number of carbonyl (C=O) groups is 1. The van der Waals surface area contributed by atoms with Crippen molar-refractivity contribution in [3.63, 3.8) is 0 Å². The van der Waals surface area contributed by atoms with Crippen LogP contribution in [0.5, 0.6) is 0 Å². The maximum Gasteiger partial charge on any atom is 0.223 e. The molecule has 2 rings (SSSR count). The molecular weight excluding hydrogens is 252 g/mol. The van der Waals surface area contributed by atoms with Gasteiger partial charge in [-0.25, -0.2) is 0 Å². The lowest BCUT2D eigenvalue weighted by atomic mass is 9.95. The number of hydrogen-bond donors (Lipinski definition) is 2. The first-order chi connectivity index (χ1) is 8.20. The van der Waals surface area contributed by atoms with Crippen molar-refractivity contribution in [2.75, 3.05) is 6.54 Å². The fraction of sp³-hybridized carbons (Fsp3) is 0.667. The molecule has 1 aliphatic rings. The van der Waals surface area contributed by atoms with Crippen LogP contribution < -0.4 is 11.1 Å². The molecule has 1 aromatic heterocycles. The second-order valence-electron chi connectivity index (χ2n) is 4.77. The van der Waals surface area contributed by atoms with Crippen LogP contribution in [0, 0.1) is 11.8 Å². The second-order valence-corrected chi connectivity index (χ2v) is 4.77. The average Bonchev–Trinajstić information content (AvgIpc) is 2.94. The Hall–Kier alpha value is -1.07. The summed E-state index contributed by atoms with van der Waals surface area (Å²) in [4.78, 5) is 12.0. The number of aryl methyl sites for hydroxylation is 1. The number of halogens is 1. The van der Waals surface area contributed by atoms with Gasteiger partial charge in [-0.1, -0.05) is 6.42 Å². The largest absolute Gasteiger partial charge is 0.352 e. The summed E-state index contributed by atoms with van der Waals surface area (Å²) < 4.78 is 1.74. The van der Waals surface area contributed by atoms with E-state index in [9.17, 15) is 4.79 Å². The highest BCUT2D eigenvalue weighted by molar-refractivity contribution is 5.85. The minimum atomic E-state index is 0. The maximum atomic E-state index is 12.0. The fourth-order valence-electron chi connectivity index (χ4n) is 2.55. The molecule has 0 radical (unpaired) electrons. The Bertz CT molecular complexity index is 393. The Kier molecular flexibility index (Phi) is 5.62. The predicted octanol–water partition coefficient (Wildman–Crippen LogP) is 0.833. The molecule has 0 spiro atoms. The van der Waals surface area contributed by atoms with Crippen LogP contribution in [0.25, 0.3) is 0 Å². The average molecular weight is 273 g/mol. The molecule has 0 bridgehead atoms. The van der Waals surface area contributed by atoms with Crippen molar-refractivity contribution in [3.8, 4) is 0 Å². The van der Waals surface area contributed by atoms with Crippen molar-refractivity contribution >= 4 is 18.3 Å². The highest BCUT2D eigenvalue weighted by Crippen LogP contribution is 2.30. The zero-order chi connectivity index (χ0) is 12.3. The monoisotopic (exact) mass is 272 g/mol. The van der Waals surface area contributed by atoms with Crippen molar-refractivity contribution in [1.82, 2.24) is 15.1 Å². The van der Waals surface area contributed by atoms with Crippen LogP contribution in [0.2, 0.25) is 0 Å². The van der Waals surface area contributed by atoms with E-state index >= 15 is 0 Å². The maximum absolute atomic E-state index is 12.0. The molecule has 3 N–H and O–H groups in total. The second kappa shape index (κ2) is 6.75. The lowest BCUT2D eigenvalue weighted by Gasteiger charge is -2.16. The molecule has 1 amide bonds. The van der Waals surface area contributed by atoms with Crippen molar-refractivity contribution in [2.24, 2.45) is 24.6 Å². The van der Waals surface area contributed by atoms with Gasteiger partial charge < -0.3 is 11.1 Å². The molecule has 0 unspecified atom stereocenters. The molecular formula is C12H21ClN4O. The normalized spacial score (nSPS) is 22.6. The first-order valence-corrected chi connectivity index (χ1v) is 6.16. The molecule has 0 saturated heterocycles. The summed E-state index contributed by atoms with van der Waals surface area (Å²) in [7, 11) is 1.87. The molecule has 1 heterocycles. The van der Waals surface area contributed by atoms with Crippen molar-refractivity contribution in [3.05, 3.63) is 18.0 Å². The molecule has 1 fully saturated rings. The molecule has 1 aromatic rings. The summed E-state index contributed by atoms with van der Waals surface area (Å²) in [6.45, 7) is 1.17. The van der Waals surface area contributed by atoms with Gasteiger partial charge in [-0.2, -0.15) is 5.10 Å². The van der Waals surface area contributed by atoms with E-state index in [1.165, 1.54) is 0 Å². The minimum absolute atomic E-state index is 0. The molecule has 1 saturated carbocycles. The lowest BCUT2D eigenvalue weighted by molar-refractivity contribution is -0.126. The highest BCUT2D eigenvalue weighted by Gasteiger charge is 2.31. The van der Waals surface area contributed by atoms with E-state index < -0.39 is 0 Å². The van der Waals surface area contributed by atoms with Gasteiger partial charge in [0.15, 0.2) is 0 Å². The highest BCUT2D eigenvalue weighted by atomic mass is 35.5. The Morgan fingerprint density at radius 2 is 2.39 bits per heavy atom. The Labute approximate surface area is 114 Å². The SMILES string of the molecule is Cl.Cn1cc(CNC(=O)[C@@H]2CCC[C@@H]2CN)cn1. The zero-order valence-corrected chi connectivity index (χ0v) is 11.4. The Morgan fingerprint density at radius 1 is 1.61 bits per heavy atom. The van der Waals surface area contributed by atoms with E-state index in [1.807, 2.05) is 13.2 Å². The molecule has 102 valence electrons. The third-order valence-electron chi connectivity index (χ3n) is 3.52. The Balaban J connectivity index is 0.00000162. The molecule has 0 aliphatic heterocycles. The molecule has 6 heteroatoms. The molecule has 18 heavy (non-hydrogen) atoms. The van der Waals surface area contributed by atoms with Crippen LogP contribution in [-0.4, -0.2) is 22.2 Å². The number of rotatable bonds is 4. The van der Waals surface area contributed by atoms with E-state index in [1.54, 1.807) is 10.9 Å². The van der Waals surface area contributed by atoms with Crippen molar-refractivity contribution in [1.29, 1.82) is 0 Å². The third kappa shape index (κ3) is 3.46. The number of amides is 1. The van der Waals surface area contributed by atoms with E-state index in [4.69, 9.17) is 5.73 Å². The zero-order valence-electron chi connectivity index (χ0n) is 10.6. The van der Waals surface area contributed by atoms with E-state index in [2.05, 4.69) is 10.4 Å². The number of hydrogen-bond acceptors (Lipinski definition) is 3. The van der Waals surface area contributed by atoms with Gasteiger partial charge in [-0.15, -0.1) is 12.4 Å². The van der Waals surface area contributed by atoms with Gasteiger partial charge in [0, 0.05) is 31.3 Å². The predicted molar refractivity (Wildman–Crippen MR) is 72.2 cm³/mol. The van der Waals surface area contributed by atoms with E-state index in [0.29, 0.717) is 19.0 Å². The van der Waals surface area contributed by atoms with Gasteiger partial charge >= 0.3 is 0 Å². The fourth-order valence-corrected chi connectivity index (χ4v) is 2.55. The summed E-state index contributed by atoms with van der Waals surface area (Å²) >= 11 is 0. The molecule has 1 aliphatic carbocycles. The van der Waals surface area contributed by atoms with Crippen LogP contribution in [0.15, 0.2) is 12.4 Å². The number of aromatic nitrogens is 2. The minimum Gasteiger partial charge on any atom is -0.352 e. The molecule has 2 atom stereocenters. The lowest BCUT2D eigenvalue weighted by Crippen LogP contribution is -2.34. The van der Waals surface area contributed by atoms with Gasteiger partial charge in [-0.05, 0) is 25.3 Å². The quantitative estimate of drug-likeness (QED) is 0.853. The topological polar surface area (TPSA) is 72.9 Å². The van der Waals surface area contributed by atoms with Gasteiger partial charge in [0.25, 0.3) is 0 Å². The van der Waals surface area contributed by atoms with Gasteiger partial charge in [0.2, 0.25) is 5.91 Å². The summed E-state index contributed by atoms with van der Waals surface area (Å²) in [5.41, 5.74) is 6.71.